The molecule has 0 aliphatic carbocycles. The molecule has 9 heteroatoms. The van der Waals surface area contributed by atoms with Crippen molar-refractivity contribution in [1.82, 2.24) is 9.80 Å². The average molecular weight is 349 g/mol. The molecule has 0 spiro atoms. The Morgan fingerprint density at radius 1 is 1.13 bits per heavy atom. The molecule has 1 aliphatic rings. The third-order valence-corrected chi connectivity index (χ3v) is 1.34. The van der Waals surface area contributed by atoms with E-state index in [1.807, 2.05) is 0 Å². The van der Waals surface area contributed by atoms with Gasteiger partial charge < -0.3 is 9.80 Å². The van der Waals surface area contributed by atoms with Gasteiger partial charge in [-0.1, -0.05) is 0 Å². The van der Waals surface area contributed by atoms with Gasteiger partial charge in [0.05, 0.1) is 6.67 Å². The summed E-state index contributed by atoms with van der Waals surface area (Å²) in [6, 6.07) is 0. The fourth-order valence-electron chi connectivity index (χ4n) is 0.794. The van der Waals surface area contributed by atoms with Crippen molar-refractivity contribution in [2.24, 2.45) is 0 Å². The maximum Gasteiger partial charge on any atom is 1.00 e. The molecule has 15 heavy (non-hydrogen) atoms. The van der Waals surface area contributed by atoms with E-state index in [-0.39, 0.29) is 1.43 Å². The van der Waals surface area contributed by atoms with Crippen LogP contribution < -0.4 is 0 Å². The van der Waals surface area contributed by atoms with Crippen LogP contribution in [0.4, 0.5) is 16.9 Å². The smallest absolute Gasteiger partial charge is 1.00 e. The van der Waals surface area contributed by atoms with E-state index in [0.717, 1.165) is 13.2 Å². The molecule has 1 heterocycles. The summed E-state index contributed by atoms with van der Waals surface area (Å²) in [4.78, 5) is 4.41. The van der Waals surface area contributed by atoms with Crippen LogP contribution in [0.2, 0.25) is 0 Å². The summed E-state index contributed by atoms with van der Waals surface area (Å²) in [5.74, 6) is 0. The van der Waals surface area contributed by atoms with Gasteiger partial charge in [-0.25, -0.2) is 0 Å². The SMILES string of the molecule is CCN1C=CN(C)C1.[F][Sb-]([F])([F])([F])([F])[F].[H+]. The fraction of sp³-hybridized carbons (Fsp3) is 0.667. The second kappa shape index (κ2) is 3.64. The zero-order valence-electron chi connectivity index (χ0n) is 9.18. The van der Waals surface area contributed by atoms with Crippen molar-refractivity contribution >= 4 is 19.5 Å². The number of hydrogen-bond acceptors (Lipinski definition) is 2. The number of hydrogen-bond donors (Lipinski definition) is 0. The molecular formula is C6H13F6N2Sb. The van der Waals surface area contributed by atoms with Gasteiger partial charge in [-0.05, 0) is 6.92 Å². The molecule has 94 valence electrons. The van der Waals surface area contributed by atoms with Gasteiger partial charge in [-0.15, -0.1) is 0 Å². The van der Waals surface area contributed by atoms with Crippen LogP contribution in [-0.2, 0) is 0 Å². The first-order valence-corrected chi connectivity index (χ1v) is 9.76. The van der Waals surface area contributed by atoms with E-state index in [1.165, 1.54) is 0 Å². The molecule has 0 atom stereocenters. The largest absolute Gasteiger partial charge is 1.00 e. The quantitative estimate of drug-likeness (QED) is 0.531. The maximum absolute atomic E-state index is 11.2. The molecule has 0 aromatic heterocycles. The van der Waals surface area contributed by atoms with Crippen molar-refractivity contribution in [2.75, 3.05) is 20.3 Å². The Morgan fingerprint density at radius 2 is 1.53 bits per heavy atom. The van der Waals surface area contributed by atoms with E-state index < -0.39 is 19.5 Å². The molecule has 0 unspecified atom stereocenters. The van der Waals surface area contributed by atoms with E-state index in [1.54, 1.807) is 0 Å². The minimum atomic E-state index is -11.2. The van der Waals surface area contributed by atoms with Gasteiger partial charge in [0.1, 0.15) is 0 Å². The number of rotatable bonds is 1. The Hall–Kier alpha value is -0.262. The van der Waals surface area contributed by atoms with E-state index >= 15 is 0 Å². The molecular weight excluding hydrogens is 336 g/mol. The van der Waals surface area contributed by atoms with Gasteiger partial charge in [0.15, 0.2) is 0 Å². The summed E-state index contributed by atoms with van der Waals surface area (Å²) in [5.41, 5.74) is 0. The topological polar surface area (TPSA) is 6.48 Å². The van der Waals surface area contributed by atoms with Crippen molar-refractivity contribution in [3.8, 4) is 0 Å². The molecule has 1 aliphatic heterocycles. The van der Waals surface area contributed by atoms with E-state index in [0.29, 0.717) is 0 Å². The van der Waals surface area contributed by atoms with Gasteiger partial charge in [0, 0.05) is 26.0 Å². The average Bonchev–Trinajstić information content (AvgIpc) is 2.28. The first-order chi connectivity index (χ1) is 6.28. The second-order valence-electron chi connectivity index (χ2n) is 3.06. The van der Waals surface area contributed by atoms with Crippen LogP contribution in [0.5, 0.6) is 0 Å². The van der Waals surface area contributed by atoms with Crippen molar-refractivity contribution in [3.05, 3.63) is 12.4 Å². The summed E-state index contributed by atoms with van der Waals surface area (Å²) in [5, 5.41) is 0. The monoisotopic (exact) mass is 348 g/mol. The molecule has 0 amide bonds. The fourth-order valence-corrected chi connectivity index (χ4v) is 0.794. The normalized spacial score (nSPS) is 20.5. The molecule has 0 saturated carbocycles. The maximum atomic E-state index is 9.93. The van der Waals surface area contributed by atoms with Crippen LogP contribution in [0.1, 0.15) is 8.35 Å². The van der Waals surface area contributed by atoms with Gasteiger partial charge in [-0.3, -0.25) is 0 Å². The van der Waals surface area contributed by atoms with Gasteiger partial charge >= 0.3 is 37.8 Å². The predicted octanol–water partition coefficient (Wildman–Crippen LogP) is 2.94. The van der Waals surface area contributed by atoms with Crippen LogP contribution in [0.25, 0.3) is 0 Å². The molecule has 0 fully saturated rings. The van der Waals surface area contributed by atoms with Gasteiger partial charge in [-0.2, -0.15) is 0 Å². The third kappa shape index (κ3) is 16.4. The van der Waals surface area contributed by atoms with Crippen LogP contribution in [0, 0.1) is 0 Å². The molecule has 0 N–H and O–H groups in total. The summed E-state index contributed by atoms with van der Waals surface area (Å²) >= 11 is -11.2. The van der Waals surface area contributed by atoms with Crippen LogP contribution in [-0.4, -0.2) is 49.5 Å². The summed E-state index contributed by atoms with van der Waals surface area (Å²) in [6.07, 6.45) is 4.20. The van der Waals surface area contributed by atoms with E-state index in [9.17, 15) is 16.9 Å². The first-order valence-electron chi connectivity index (χ1n) is 3.97. The Labute approximate surface area is 87.5 Å². The number of halogens is 6. The molecule has 0 saturated heterocycles. The Morgan fingerprint density at radius 3 is 1.67 bits per heavy atom. The van der Waals surface area contributed by atoms with Crippen LogP contribution in [0.15, 0.2) is 12.4 Å². The van der Waals surface area contributed by atoms with Crippen molar-refractivity contribution in [1.29, 1.82) is 0 Å². The first kappa shape index (κ1) is 14.7. The van der Waals surface area contributed by atoms with Crippen LogP contribution >= 0.6 is 0 Å². The Bertz CT molecular complexity index is 238. The Kier molecular flexibility index (Phi) is 3.58. The van der Waals surface area contributed by atoms with Crippen molar-refractivity contribution in [3.63, 3.8) is 0 Å². The summed E-state index contributed by atoms with van der Waals surface area (Å²) in [7, 11) is 2.08. The molecule has 0 aromatic rings. The molecule has 1 rings (SSSR count). The molecule has 0 radical (unpaired) electrons. The molecule has 0 bridgehead atoms. The zero-order chi connectivity index (χ0) is 12.4. The Balaban J connectivity index is 0. The minimum absolute atomic E-state index is 0. The van der Waals surface area contributed by atoms with Crippen LogP contribution in [0.3, 0.4) is 0 Å². The number of nitrogens with zero attached hydrogens (tertiary/aromatic N) is 2. The van der Waals surface area contributed by atoms with Gasteiger partial charge in [0.25, 0.3) is 0 Å². The predicted molar refractivity (Wildman–Crippen MR) is 47.7 cm³/mol. The second-order valence-corrected chi connectivity index (χ2v) is 8.53. The van der Waals surface area contributed by atoms with E-state index in [4.69, 9.17) is 0 Å². The minimum Gasteiger partial charge on any atom is 1.00 e. The molecule has 2 nitrogen and oxygen atoms in total. The molecule has 0 aromatic carbocycles. The summed E-state index contributed by atoms with van der Waals surface area (Å²) in [6.45, 7) is 4.32. The summed E-state index contributed by atoms with van der Waals surface area (Å²) < 4.78 is 59.6. The third-order valence-electron chi connectivity index (χ3n) is 1.34. The van der Waals surface area contributed by atoms with Crippen molar-refractivity contribution < 1.29 is 18.3 Å². The zero-order valence-corrected chi connectivity index (χ0v) is 10.7. The van der Waals surface area contributed by atoms with Crippen molar-refractivity contribution in [2.45, 2.75) is 6.92 Å². The standard InChI is InChI=1S/C6H12N2.6FH.Sb/c1-3-8-5-4-7(2)6-8;;;;;;;/h4-5H,3,6H2,1-2H3;6*1H;/q;;;;;;;+5/p-5. The van der Waals surface area contributed by atoms with Gasteiger partial charge in [0.2, 0.25) is 0 Å². The van der Waals surface area contributed by atoms with E-state index in [2.05, 4.69) is 36.2 Å².